The first-order valence-corrected chi connectivity index (χ1v) is 9.30. The van der Waals surface area contributed by atoms with Gasteiger partial charge in [0, 0.05) is 0 Å². The highest BCUT2D eigenvalue weighted by Gasteiger charge is 2.68. The van der Waals surface area contributed by atoms with Crippen molar-refractivity contribution in [1.29, 1.82) is 0 Å². The van der Waals surface area contributed by atoms with E-state index in [1.165, 1.54) is 0 Å². The lowest BCUT2D eigenvalue weighted by Crippen LogP contribution is -2.71. The number of carboxylic acid groups (broad SMARTS) is 1. The first kappa shape index (κ1) is 18.4. The van der Waals surface area contributed by atoms with Gasteiger partial charge in [-0.25, -0.2) is 4.79 Å². The van der Waals surface area contributed by atoms with Crippen molar-refractivity contribution in [3.05, 3.63) is 29.8 Å². The molecular formula is C17H20N2O6S. The molecule has 3 unspecified atom stereocenters. The van der Waals surface area contributed by atoms with E-state index in [0.29, 0.717) is 5.75 Å². The van der Waals surface area contributed by atoms with Crippen LogP contribution in [0.2, 0.25) is 0 Å². The Morgan fingerprint density at radius 3 is 2.50 bits per heavy atom. The van der Waals surface area contributed by atoms with Gasteiger partial charge in [-0.2, -0.15) is 0 Å². The molecule has 0 saturated carbocycles. The predicted molar refractivity (Wildman–Crippen MR) is 92.9 cm³/mol. The summed E-state index contributed by atoms with van der Waals surface area (Å²) in [5.74, 6) is -1.75. The fraction of sp³-hybridized carbons (Fsp3) is 0.471. The minimum absolute atomic E-state index is 0.294. The molecule has 0 spiro atoms. The molecule has 0 bridgehead atoms. The number of hydrogen-bond donors (Lipinski definition) is 2. The van der Waals surface area contributed by atoms with Crippen molar-refractivity contribution in [2.75, 3.05) is 6.61 Å². The molecule has 140 valence electrons. The second kappa shape index (κ2) is 6.39. The third-order valence-electron chi connectivity index (χ3n) is 4.70. The van der Waals surface area contributed by atoms with Crippen LogP contribution >= 0.6 is 0 Å². The molecule has 2 fully saturated rings. The number of amides is 2. The van der Waals surface area contributed by atoms with Gasteiger partial charge in [-0.15, -0.1) is 0 Å². The van der Waals surface area contributed by atoms with Crippen LogP contribution in [0, 0.1) is 6.92 Å². The van der Waals surface area contributed by atoms with E-state index in [0.717, 1.165) is 10.5 Å². The highest BCUT2D eigenvalue weighted by molar-refractivity contribution is 7.87. The number of carboxylic acids is 1. The van der Waals surface area contributed by atoms with Gasteiger partial charge in [0.1, 0.15) is 23.2 Å². The summed E-state index contributed by atoms with van der Waals surface area (Å²) in [6.07, 6.45) is 0. The number of carbonyl (C=O) groups is 3. The van der Waals surface area contributed by atoms with Crippen LogP contribution < -0.4 is 10.1 Å². The number of carbonyl (C=O) groups excluding carboxylic acids is 2. The van der Waals surface area contributed by atoms with E-state index < -0.39 is 50.8 Å². The quantitative estimate of drug-likeness (QED) is 0.697. The number of aliphatic carboxylic acids is 1. The Kier molecular flexibility index (Phi) is 4.51. The predicted octanol–water partition coefficient (Wildman–Crippen LogP) is 0.0210. The molecule has 26 heavy (non-hydrogen) atoms. The summed E-state index contributed by atoms with van der Waals surface area (Å²) in [7, 11) is -1.61. The van der Waals surface area contributed by atoms with E-state index in [9.17, 15) is 23.7 Å². The fourth-order valence-electron chi connectivity index (χ4n) is 3.29. The number of ether oxygens (including phenoxy) is 1. The number of benzene rings is 1. The lowest BCUT2D eigenvalue weighted by molar-refractivity contribution is -0.161. The van der Waals surface area contributed by atoms with Gasteiger partial charge >= 0.3 is 5.97 Å². The van der Waals surface area contributed by atoms with Crippen molar-refractivity contribution < 1.29 is 28.4 Å². The maximum absolute atomic E-state index is 12.6. The highest BCUT2D eigenvalue weighted by atomic mass is 32.2. The van der Waals surface area contributed by atoms with Gasteiger partial charge < -0.3 is 20.1 Å². The smallest absolute Gasteiger partial charge is 0.328 e. The van der Waals surface area contributed by atoms with E-state index >= 15 is 0 Å². The summed E-state index contributed by atoms with van der Waals surface area (Å²) in [5.41, 5.74) is 1.06. The summed E-state index contributed by atoms with van der Waals surface area (Å²) in [6.45, 7) is 4.73. The van der Waals surface area contributed by atoms with Crippen molar-refractivity contribution in [1.82, 2.24) is 10.2 Å². The molecule has 3 rings (SSSR count). The number of rotatable bonds is 5. The van der Waals surface area contributed by atoms with Crippen molar-refractivity contribution >= 4 is 28.6 Å². The molecule has 2 aliphatic heterocycles. The summed E-state index contributed by atoms with van der Waals surface area (Å²) in [5, 5.41) is 11.0. The van der Waals surface area contributed by atoms with Crippen LogP contribution in [-0.4, -0.2) is 60.8 Å². The Bertz CT molecular complexity index is 791. The number of nitrogens with one attached hydrogen (secondary N) is 1. The van der Waals surface area contributed by atoms with Gasteiger partial charge in [0.15, 0.2) is 6.61 Å². The molecule has 8 nitrogen and oxygen atoms in total. The zero-order valence-corrected chi connectivity index (χ0v) is 15.4. The van der Waals surface area contributed by atoms with Crippen LogP contribution in [0.5, 0.6) is 5.75 Å². The minimum Gasteiger partial charge on any atom is -0.484 e. The molecule has 2 aliphatic rings. The summed E-state index contributed by atoms with van der Waals surface area (Å²) in [4.78, 5) is 37.0. The first-order valence-electron chi connectivity index (χ1n) is 8.09. The van der Waals surface area contributed by atoms with E-state index in [1.807, 2.05) is 19.1 Å². The van der Waals surface area contributed by atoms with E-state index in [2.05, 4.69) is 5.32 Å². The first-order chi connectivity index (χ1) is 12.1. The van der Waals surface area contributed by atoms with Gasteiger partial charge in [-0.3, -0.25) is 13.8 Å². The van der Waals surface area contributed by atoms with E-state index in [-0.39, 0.29) is 6.61 Å². The van der Waals surface area contributed by atoms with Crippen LogP contribution in [0.15, 0.2) is 24.3 Å². The minimum atomic E-state index is -1.61. The third kappa shape index (κ3) is 2.86. The standard InChI is InChI=1S/C17H20N2O6S/c1-9-4-6-10(7-5-9)25-8-11(20)18-12-14(21)19-13(16(22)23)17(2,3)26(24)15(12)19/h4-7,12-13,15H,8H2,1-3H3,(H,18,20)(H,22,23)/t12?,13?,15-,26?/m0/s1. The van der Waals surface area contributed by atoms with Gasteiger partial charge in [-0.1, -0.05) is 17.7 Å². The van der Waals surface area contributed by atoms with Gasteiger partial charge in [0.2, 0.25) is 5.91 Å². The topological polar surface area (TPSA) is 113 Å². The van der Waals surface area contributed by atoms with Crippen molar-refractivity contribution in [2.24, 2.45) is 0 Å². The molecule has 2 heterocycles. The number of hydrogen-bond acceptors (Lipinski definition) is 5. The number of nitrogens with zero attached hydrogens (tertiary/aromatic N) is 1. The monoisotopic (exact) mass is 380 g/mol. The van der Waals surface area contributed by atoms with E-state index in [4.69, 9.17) is 4.74 Å². The van der Waals surface area contributed by atoms with Crippen LogP contribution in [0.1, 0.15) is 19.4 Å². The lowest BCUT2D eigenvalue weighted by Gasteiger charge is -2.42. The molecule has 2 amide bonds. The Morgan fingerprint density at radius 2 is 1.92 bits per heavy atom. The SMILES string of the molecule is Cc1ccc(OCC(=O)NC2C(=O)N3C(C(=O)O)C(C)(C)S(=O)[C@@H]23)cc1. The zero-order valence-electron chi connectivity index (χ0n) is 14.6. The van der Waals surface area contributed by atoms with Gasteiger partial charge in [0.25, 0.3) is 5.91 Å². The summed E-state index contributed by atoms with van der Waals surface area (Å²) in [6, 6.07) is 4.98. The van der Waals surface area contributed by atoms with Crippen LogP contribution in [0.25, 0.3) is 0 Å². The number of aryl methyl sites for hydroxylation is 1. The Hall–Kier alpha value is -2.42. The highest BCUT2D eigenvalue weighted by Crippen LogP contribution is 2.43. The maximum atomic E-state index is 12.6. The third-order valence-corrected chi connectivity index (χ3v) is 6.89. The zero-order chi connectivity index (χ0) is 19.2. The molecular weight excluding hydrogens is 360 g/mol. The lowest BCUT2D eigenvalue weighted by atomic mass is 9.96. The van der Waals surface area contributed by atoms with Crippen LogP contribution in [-0.2, 0) is 25.2 Å². The van der Waals surface area contributed by atoms with Crippen molar-refractivity contribution in [3.63, 3.8) is 0 Å². The second-order valence-electron chi connectivity index (χ2n) is 6.92. The van der Waals surface area contributed by atoms with Crippen molar-refractivity contribution in [2.45, 2.75) is 43.0 Å². The average Bonchev–Trinajstić information content (AvgIpc) is 2.77. The molecule has 0 radical (unpaired) electrons. The van der Waals surface area contributed by atoms with Crippen LogP contribution in [0.3, 0.4) is 0 Å². The Morgan fingerprint density at radius 1 is 1.31 bits per heavy atom. The molecule has 2 N–H and O–H groups in total. The molecule has 9 heteroatoms. The number of β-lactam (4-membered cyclic amide) rings is 1. The molecule has 0 aliphatic carbocycles. The van der Waals surface area contributed by atoms with E-state index in [1.54, 1.807) is 26.0 Å². The van der Waals surface area contributed by atoms with Gasteiger partial charge in [0.05, 0.1) is 15.5 Å². The normalized spacial score (nSPS) is 28.9. The largest absolute Gasteiger partial charge is 0.484 e. The molecule has 4 atom stereocenters. The Balaban J connectivity index is 1.63. The van der Waals surface area contributed by atoms with Crippen molar-refractivity contribution in [3.8, 4) is 5.75 Å². The van der Waals surface area contributed by atoms with Gasteiger partial charge in [-0.05, 0) is 32.9 Å². The number of fused-ring (bicyclic) bond motifs is 1. The molecule has 0 aromatic heterocycles. The summed E-state index contributed by atoms with van der Waals surface area (Å²) < 4.78 is 16.9. The average molecular weight is 380 g/mol. The van der Waals surface area contributed by atoms with Crippen LogP contribution in [0.4, 0.5) is 0 Å². The fourth-order valence-corrected chi connectivity index (χ4v) is 5.21. The molecule has 1 aromatic rings. The molecule has 2 saturated heterocycles. The summed E-state index contributed by atoms with van der Waals surface area (Å²) >= 11 is 0. The second-order valence-corrected chi connectivity index (χ2v) is 9.05. The molecule has 1 aromatic carbocycles. The Labute approximate surface area is 153 Å². The maximum Gasteiger partial charge on any atom is 0.328 e.